The summed E-state index contributed by atoms with van der Waals surface area (Å²) in [4.78, 5) is 0. The van der Waals surface area contributed by atoms with Crippen LogP contribution in [0.25, 0.3) is 0 Å². The first-order valence-electron chi connectivity index (χ1n) is 3.47. The topological polar surface area (TPSA) is 24.1 Å². The van der Waals surface area contributed by atoms with E-state index in [1.54, 1.807) is 25.2 Å². The number of para-hydroxylation sites is 1. The Morgan fingerprint density at radius 1 is 1.36 bits per heavy atom. The van der Waals surface area contributed by atoms with Crippen molar-refractivity contribution >= 4 is 5.69 Å². The van der Waals surface area contributed by atoms with Crippen LogP contribution in [0.4, 0.5) is 10.1 Å². The number of hydrogen-bond donors (Lipinski definition) is 2. The molecular weight excluding hydrogens is 143 g/mol. The molecule has 1 aromatic carbocycles. The maximum absolute atomic E-state index is 12.8. The van der Waals surface area contributed by atoms with Gasteiger partial charge >= 0.3 is 0 Å². The molecule has 11 heavy (non-hydrogen) atoms. The summed E-state index contributed by atoms with van der Waals surface area (Å²) < 4.78 is 12.8. The highest BCUT2D eigenvalue weighted by Crippen LogP contribution is 2.10. The molecule has 60 valence electrons. The third-order valence-corrected chi connectivity index (χ3v) is 1.33. The number of benzene rings is 1. The van der Waals surface area contributed by atoms with Crippen LogP contribution in [0.3, 0.4) is 0 Å². The Hall–Kier alpha value is -1.09. The van der Waals surface area contributed by atoms with Gasteiger partial charge in [-0.3, -0.25) is 0 Å². The Bertz CT molecular complexity index is 225. The molecule has 1 rings (SSSR count). The highest BCUT2D eigenvalue weighted by molar-refractivity contribution is 5.43. The zero-order valence-electron chi connectivity index (χ0n) is 6.39. The van der Waals surface area contributed by atoms with E-state index in [-0.39, 0.29) is 5.82 Å². The van der Waals surface area contributed by atoms with E-state index < -0.39 is 0 Å². The van der Waals surface area contributed by atoms with Crippen molar-refractivity contribution < 1.29 is 4.39 Å². The van der Waals surface area contributed by atoms with Gasteiger partial charge in [0.05, 0.1) is 12.4 Å². The molecule has 1 aromatic rings. The lowest BCUT2D eigenvalue weighted by Gasteiger charge is -2.04. The normalized spacial score (nSPS) is 9.64. The summed E-state index contributed by atoms with van der Waals surface area (Å²) in [5, 5.41) is 5.74. The molecule has 3 heteroatoms. The summed E-state index contributed by atoms with van der Waals surface area (Å²) in [5.74, 6) is -0.220. The van der Waals surface area contributed by atoms with Crippen molar-refractivity contribution in [1.29, 1.82) is 0 Å². The van der Waals surface area contributed by atoms with Crippen molar-refractivity contribution in [3.8, 4) is 0 Å². The highest BCUT2D eigenvalue weighted by atomic mass is 19.1. The van der Waals surface area contributed by atoms with Gasteiger partial charge in [-0.15, -0.1) is 0 Å². The monoisotopic (exact) mass is 154 g/mol. The lowest BCUT2D eigenvalue weighted by atomic mass is 10.3. The zero-order valence-corrected chi connectivity index (χ0v) is 6.39. The molecule has 0 saturated carbocycles. The molecule has 0 fully saturated rings. The van der Waals surface area contributed by atoms with Gasteiger partial charge in [0.2, 0.25) is 0 Å². The van der Waals surface area contributed by atoms with Crippen LogP contribution in [0.1, 0.15) is 0 Å². The fourth-order valence-electron chi connectivity index (χ4n) is 0.788. The van der Waals surface area contributed by atoms with Gasteiger partial charge in [0.15, 0.2) is 0 Å². The second kappa shape index (κ2) is 3.93. The Kier molecular flexibility index (Phi) is 2.86. The third-order valence-electron chi connectivity index (χ3n) is 1.33. The minimum absolute atomic E-state index is 0.220. The zero-order chi connectivity index (χ0) is 8.10. The van der Waals surface area contributed by atoms with Crippen molar-refractivity contribution in [2.24, 2.45) is 0 Å². The van der Waals surface area contributed by atoms with Gasteiger partial charge in [-0.1, -0.05) is 12.1 Å². The van der Waals surface area contributed by atoms with Gasteiger partial charge in [0.25, 0.3) is 0 Å². The van der Waals surface area contributed by atoms with Crippen LogP contribution in [-0.2, 0) is 0 Å². The van der Waals surface area contributed by atoms with E-state index in [0.29, 0.717) is 12.4 Å². The Morgan fingerprint density at radius 2 is 2.09 bits per heavy atom. The first kappa shape index (κ1) is 8.01. The number of halogens is 1. The number of anilines is 1. The smallest absolute Gasteiger partial charge is 0.146 e. The second-order valence-electron chi connectivity index (χ2n) is 2.19. The van der Waals surface area contributed by atoms with E-state index >= 15 is 0 Å². The van der Waals surface area contributed by atoms with Crippen molar-refractivity contribution in [2.45, 2.75) is 0 Å². The summed E-state index contributed by atoms with van der Waals surface area (Å²) in [7, 11) is 1.80. The van der Waals surface area contributed by atoms with Gasteiger partial charge in [-0.25, -0.2) is 4.39 Å². The van der Waals surface area contributed by atoms with Crippen molar-refractivity contribution in [3.63, 3.8) is 0 Å². The molecule has 2 N–H and O–H groups in total. The van der Waals surface area contributed by atoms with Crippen LogP contribution < -0.4 is 10.6 Å². The maximum Gasteiger partial charge on any atom is 0.146 e. The van der Waals surface area contributed by atoms with Crippen LogP contribution >= 0.6 is 0 Å². The molecular formula is C8H11FN2. The van der Waals surface area contributed by atoms with E-state index in [1.807, 2.05) is 0 Å². The molecule has 0 aromatic heterocycles. The van der Waals surface area contributed by atoms with Crippen molar-refractivity contribution in [2.75, 3.05) is 19.0 Å². The van der Waals surface area contributed by atoms with Gasteiger partial charge in [-0.2, -0.15) is 0 Å². The Morgan fingerprint density at radius 3 is 2.73 bits per heavy atom. The summed E-state index contributed by atoms with van der Waals surface area (Å²) in [5.41, 5.74) is 0.529. The molecule has 0 amide bonds. The van der Waals surface area contributed by atoms with Crippen LogP contribution in [0.15, 0.2) is 24.3 Å². The highest BCUT2D eigenvalue weighted by Gasteiger charge is 1.96. The Balaban J connectivity index is 2.62. The molecule has 0 spiro atoms. The van der Waals surface area contributed by atoms with E-state index in [9.17, 15) is 4.39 Å². The molecule has 0 unspecified atom stereocenters. The van der Waals surface area contributed by atoms with Gasteiger partial charge in [0.1, 0.15) is 5.82 Å². The molecule has 0 saturated heterocycles. The quantitative estimate of drug-likeness (QED) is 0.643. The third kappa shape index (κ3) is 2.20. The second-order valence-corrected chi connectivity index (χ2v) is 2.19. The lowest BCUT2D eigenvalue weighted by Crippen LogP contribution is -2.17. The SMILES string of the molecule is CNCNc1ccccc1F. The molecule has 0 aliphatic rings. The molecule has 0 radical (unpaired) electrons. The largest absolute Gasteiger partial charge is 0.370 e. The van der Waals surface area contributed by atoms with E-state index in [1.165, 1.54) is 6.07 Å². The molecule has 0 aliphatic heterocycles. The first-order chi connectivity index (χ1) is 5.34. The molecule has 0 heterocycles. The average Bonchev–Trinajstić information content (AvgIpc) is 2.03. The number of rotatable bonds is 3. The minimum atomic E-state index is -0.220. The summed E-state index contributed by atoms with van der Waals surface area (Å²) in [6, 6.07) is 6.59. The molecule has 2 nitrogen and oxygen atoms in total. The fraction of sp³-hybridized carbons (Fsp3) is 0.250. The van der Waals surface area contributed by atoms with Crippen LogP contribution in [-0.4, -0.2) is 13.7 Å². The number of hydrogen-bond acceptors (Lipinski definition) is 2. The van der Waals surface area contributed by atoms with Gasteiger partial charge in [-0.05, 0) is 19.2 Å². The van der Waals surface area contributed by atoms with Crippen LogP contribution in [0, 0.1) is 5.82 Å². The summed E-state index contributed by atoms with van der Waals surface area (Å²) in [6.07, 6.45) is 0. The first-order valence-corrected chi connectivity index (χ1v) is 3.47. The fourth-order valence-corrected chi connectivity index (χ4v) is 0.788. The van der Waals surface area contributed by atoms with Crippen LogP contribution in [0.2, 0.25) is 0 Å². The van der Waals surface area contributed by atoms with E-state index in [0.717, 1.165) is 0 Å². The molecule has 0 atom stereocenters. The Labute approximate surface area is 65.4 Å². The predicted octanol–water partition coefficient (Wildman–Crippen LogP) is 1.41. The standard InChI is InChI=1S/C8H11FN2/c1-10-6-11-8-5-3-2-4-7(8)9/h2-5,10-11H,6H2,1H3. The van der Waals surface area contributed by atoms with Gasteiger partial charge in [0, 0.05) is 0 Å². The van der Waals surface area contributed by atoms with Crippen molar-refractivity contribution in [3.05, 3.63) is 30.1 Å². The van der Waals surface area contributed by atoms with Crippen LogP contribution in [0.5, 0.6) is 0 Å². The molecule has 0 aliphatic carbocycles. The number of nitrogens with one attached hydrogen (secondary N) is 2. The van der Waals surface area contributed by atoms with Crippen molar-refractivity contribution in [1.82, 2.24) is 5.32 Å². The average molecular weight is 154 g/mol. The van der Waals surface area contributed by atoms with Gasteiger partial charge < -0.3 is 10.6 Å². The summed E-state index contributed by atoms with van der Waals surface area (Å²) >= 11 is 0. The maximum atomic E-state index is 12.8. The van der Waals surface area contributed by atoms with E-state index in [2.05, 4.69) is 10.6 Å². The lowest BCUT2D eigenvalue weighted by molar-refractivity contribution is 0.629. The predicted molar refractivity (Wildman–Crippen MR) is 43.9 cm³/mol. The minimum Gasteiger partial charge on any atom is -0.370 e. The molecule has 0 bridgehead atoms. The van der Waals surface area contributed by atoms with E-state index in [4.69, 9.17) is 0 Å². The summed E-state index contributed by atoms with van der Waals surface area (Å²) in [6.45, 7) is 0.570.